The molecule has 0 fully saturated rings. The standard InChI is InChI=1S/C15H18ClNO3/c1-10(2)8-17-13-12(16)14(18)20-15(13)19-9-11-6-4-3-5-7-11/h3-7,10,15,17H,8-9H2,1-2H3. The molecule has 1 atom stereocenters. The number of halogens is 1. The summed E-state index contributed by atoms with van der Waals surface area (Å²) in [7, 11) is 0. The number of carbonyl (C=O) groups excluding carboxylic acids is 1. The van der Waals surface area contributed by atoms with Crippen molar-refractivity contribution in [1.82, 2.24) is 5.32 Å². The smallest absolute Gasteiger partial charge is 0.354 e. The average molecular weight is 296 g/mol. The molecule has 1 aliphatic rings. The molecule has 20 heavy (non-hydrogen) atoms. The Balaban J connectivity index is 1.98. The van der Waals surface area contributed by atoms with Crippen molar-refractivity contribution in [3.8, 4) is 0 Å². The summed E-state index contributed by atoms with van der Waals surface area (Å²) < 4.78 is 10.7. The van der Waals surface area contributed by atoms with Crippen molar-refractivity contribution in [3.63, 3.8) is 0 Å². The lowest BCUT2D eigenvalue weighted by Gasteiger charge is -2.17. The van der Waals surface area contributed by atoms with Gasteiger partial charge in [0.05, 0.1) is 6.61 Å². The van der Waals surface area contributed by atoms with E-state index in [4.69, 9.17) is 21.1 Å². The van der Waals surface area contributed by atoms with Crippen LogP contribution in [-0.2, 0) is 20.9 Å². The molecule has 1 N–H and O–H groups in total. The molecule has 0 radical (unpaired) electrons. The van der Waals surface area contributed by atoms with Crippen molar-refractivity contribution in [2.45, 2.75) is 26.7 Å². The third-order valence-corrected chi connectivity index (χ3v) is 3.17. The third kappa shape index (κ3) is 3.74. The first-order valence-corrected chi connectivity index (χ1v) is 6.95. The highest BCUT2D eigenvalue weighted by atomic mass is 35.5. The predicted octanol–water partition coefficient (Wildman–Crippen LogP) is 2.78. The molecule has 1 aliphatic heterocycles. The molecule has 1 unspecified atom stereocenters. The Hall–Kier alpha value is -1.52. The van der Waals surface area contributed by atoms with E-state index in [0.29, 0.717) is 24.8 Å². The van der Waals surface area contributed by atoms with E-state index < -0.39 is 12.3 Å². The van der Waals surface area contributed by atoms with Gasteiger partial charge in [0.2, 0.25) is 6.29 Å². The average Bonchev–Trinajstić information content (AvgIpc) is 2.71. The summed E-state index contributed by atoms with van der Waals surface area (Å²) in [5, 5.41) is 3.20. The highest BCUT2D eigenvalue weighted by molar-refractivity contribution is 6.42. The molecule has 108 valence electrons. The molecule has 0 bridgehead atoms. The molecule has 2 rings (SSSR count). The zero-order valence-electron chi connectivity index (χ0n) is 11.6. The molecule has 0 spiro atoms. The summed E-state index contributed by atoms with van der Waals surface area (Å²) in [5.41, 5.74) is 1.52. The van der Waals surface area contributed by atoms with Crippen LogP contribution in [0.3, 0.4) is 0 Å². The van der Waals surface area contributed by atoms with Gasteiger partial charge in [0.1, 0.15) is 5.70 Å². The van der Waals surface area contributed by atoms with Crippen LogP contribution in [0, 0.1) is 5.92 Å². The van der Waals surface area contributed by atoms with Crippen LogP contribution >= 0.6 is 11.6 Å². The predicted molar refractivity (Wildman–Crippen MR) is 76.8 cm³/mol. The zero-order chi connectivity index (χ0) is 14.5. The number of hydrogen-bond donors (Lipinski definition) is 1. The van der Waals surface area contributed by atoms with E-state index in [2.05, 4.69) is 19.2 Å². The van der Waals surface area contributed by atoms with Crippen LogP contribution in [0.5, 0.6) is 0 Å². The van der Waals surface area contributed by atoms with E-state index in [9.17, 15) is 4.79 Å². The van der Waals surface area contributed by atoms with E-state index in [-0.39, 0.29) is 5.03 Å². The number of esters is 1. The largest absolute Gasteiger partial charge is 0.425 e. The molecule has 0 saturated heterocycles. The van der Waals surface area contributed by atoms with Crippen molar-refractivity contribution in [2.75, 3.05) is 6.54 Å². The van der Waals surface area contributed by atoms with Crippen molar-refractivity contribution in [1.29, 1.82) is 0 Å². The van der Waals surface area contributed by atoms with Crippen LogP contribution in [0.4, 0.5) is 0 Å². The van der Waals surface area contributed by atoms with Gasteiger partial charge in [-0.25, -0.2) is 4.79 Å². The minimum atomic E-state index is -0.756. The van der Waals surface area contributed by atoms with Gasteiger partial charge in [-0.3, -0.25) is 0 Å². The Morgan fingerprint density at radius 3 is 2.70 bits per heavy atom. The van der Waals surface area contributed by atoms with Crippen LogP contribution in [0.25, 0.3) is 0 Å². The fourth-order valence-electron chi connectivity index (χ4n) is 1.76. The summed E-state index contributed by atoms with van der Waals surface area (Å²) in [6, 6.07) is 9.69. The van der Waals surface area contributed by atoms with Gasteiger partial charge in [-0.2, -0.15) is 0 Å². The minimum absolute atomic E-state index is 0.0729. The highest BCUT2D eigenvalue weighted by Gasteiger charge is 2.34. The second kappa shape index (κ2) is 6.77. The van der Waals surface area contributed by atoms with Gasteiger partial charge in [-0.15, -0.1) is 0 Å². The second-order valence-corrected chi connectivity index (χ2v) is 5.41. The first-order valence-electron chi connectivity index (χ1n) is 6.58. The molecule has 5 heteroatoms. The minimum Gasteiger partial charge on any atom is -0.425 e. The molecule has 1 aromatic rings. The Labute approximate surface area is 123 Å². The summed E-state index contributed by atoms with van der Waals surface area (Å²) in [6.07, 6.45) is -0.756. The van der Waals surface area contributed by atoms with Gasteiger partial charge in [0.25, 0.3) is 0 Å². The second-order valence-electron chi connectivity index (χ2n) is 5.04. The summed E-state index contributed by atoms with van der Waals surface area (Å²) in [6.45, 7) is 5.20. The number of hydrogen-bond acceptors (Lipinski definition) is 4. The van der Waals surface area contributed by atoms with Gasteiger partial charge in [0.15, 0.2) is 5.03 Å². The van der Waals surface area contributed by atoms with E-state index in [1.165, 1.54) is 0 Å². The molecule has 0 saturated carbocycles. The number of benzene rings is 1. The maximum absolute atomic E-state index is 11.5. The molecule has 0 aliphatic carbocycles. The number of carbonyl (C=O) groups is 1. The molecule has 0 amide bonds. The fourth-order valence-corrected chi connectivity index (χ4v) is 1.96. The quantitative estimate of drug-likeness (QED) is 0.820. The van der Waals surface area contributed by atoms with E-state index >= 15 is 0 Å². The Kier molecular flexibility index (Phi) is 5.04. The third-order valence-electron chi connectivity index (χ3n) is 2.81. The maximum atomic E-state index is 11.5. The van der Waals surface area contributed by atoms with Crippen molar-refractivity contribution < 1.29 is 14.3 Å². The van der Waals surface area contributed by atoms with Crippen molar-refractivity contribution in [2.24, 2.45) is 5.92 Å². The maximum Gasteiger partial charge on any atom is 0.354 e. The Bertz CT molecular complexity index is 499. The van der Waals surface area contributed by atoms with Crippen LogP contribution in [0.15, 0.2) is 41.1 Å². The fraction of sp³-hybridized carbons (Fsp3) is 0.400. The first kappa shape index (κ1) is 14.9. The normalized spacial score (nSPS) is 18.6. The number of cyclic esters (lactones) is 1. The van der Waals surface area contributed by atoms with Crippen LogP contribution in [0.2, 0.25) is 0 Å². The summed E-state index contributed by atoms with van der Waals surface area (Å²) in [4.78, 5) is 11.5. The topological polar surface area (TPSA) is 47.6 Å². The van der Waals surface area contributed by atoms with Crippen molar-refractivity contribution in [3.05, 3.63) is 46.6 Å². The summed E-state index contributed by atoms with van der Waals surface area (Å²) in [5.74, 6) is -0.117. The van der Waals surface area contributed by atoms with Gasteiger partial charge in [0, 0.05) is 6.54 Å². The Morgan fingerprint density at radius 2 is 2.05 bits per heavy atom. The van der Waals surface area contributed by atoms with Crippen LogP contribution in [-0.4, -0.2) is 18.8 Å². The first-order chi connectivity index (χ1) is 9.58. The SMILES string of the molecule is CC(C)CNC1=C(Cl)C(=O)OC1OCc1ccccc1. The lowest BCUT2D eigenvalue weighted by Crippen LogP contribution is -2.28. The van der Waals surface area contributed by atoms with Gasteiger partial charge >= 0.3 is 5.97 Å². The van der Waals surface area contributed by atoms with E-state index in [1.54, 1.807) is 0 Å². The molecule has 1 aromatic carbocycles. The number of ether oxygens (including phenoxy) is 2. The molecule has 0 aromatic heterocycles. The zero-order valence-corrected chi connectivity index (χ0v) is 12.3. The van der Waals surface area contributed by atoms with Gasteiger partial charge < -0.3 is 14.8 Å². The number of nitrogens with one attached hydrogen (secondary N) is 1. The lowest BCUT2D eigenvalue weighted by atomic mass is 10.2. The van der Waals surface area contributed by atoms with Crippen molar-refractivity contribution >= 4 is 17.6 Å². The molecular weight excluding hydrogens is 278 g/mol. The van der Waals surface area contributed by atoms with Crippen LogP contribution in [0.1, 0.15) is 19.4 Å². The monoisotopic (exact) mass is 295 g/mol. The lowest BCUT2D eigenvalue weighted by molar-refractivity contribution is -0.162. The molecule has 1 heterocycles. The van der Waals surface area contributed by atoms with E-state index in [1.807, 2.05) is 30.3 Å². The van der Waals surface area contributed by atoms with Gasteiger partial charge in [-0.05, 0) is 11.5 Å². The van der Waals surface area contributed by atoms with Crippen LogP contribution < -0.4 is 5.32 Å². The number of rotatable bonds is 6. The Morgan fingerprint density at radius 1 is 1.35 bits per heavy atom. The molecule has 4 nitrogen and oxygen atoms in total. The molecular formula is C15H18ClNO3. The highest BCUT2D eigenvalue weighted by Crippen LogP contribution is 2.25. The summed E-state index contributed by atoms with van der Waals surface area (Å²) >= 11 is 5.95. The van der Waals surface area contributed by atoms with E-state index in [0.717, 1.165) is 5.56 Å². The van der Waals surface area contributed by atoms with Gasteiger partial charge in [-0.1, -0.05) is 55.8 Å².